The van der Waals surface area contributed by atoms with Gasteiger partial charge in [-0.1, -0.05) is 30.3 Å². The molecule has 0 bridgehead atoms. The maximum atomic E-state index is 13.0. The monoisotopic (exact) mass is 419 g/mol. The highest BCUT2D eigenvalue weighted by Crippen LogP contribution is 2.34. The molecule has 0 amide bonds. The Kier molecular flexibility index (Phi) is 6.79. The molecule has 158 valence electrons. The summed E-state index contributed by atoms with van der Waals surface area (Å²) in [5, 5.41) is 0.949. The minimum Gasteiger partial charge on any atom is -0.496 e. The van der Waals surface area contributed by atoms with Crippen LogP contribution in [0.5, 0.6) is 5.75 Å². The average molecular weight is 420 g/mol. The Morgan fingerprint density at radius 3 is 2.52 bits per heavy atom. The van der Waals surface area contributed by atoms with Gasteiger partial charge >= 0.3 is 0 Å². The molecule has 3 rings (SSSR count). The summed E-state index contributed by atoms with van der Waals surface area (Å²) in [6, 6.07) is 15.1. The van der Waals surface area contributed by atoms with Gasteiger partial charge in [0.25, 0.3) is 0 Å². The second-order valence-electron chi connectivity index (χ2n) is 7.31. The molecule has 1 N–H and O–H groups in total. The zero-order chi connectivity index (χ0) is 21.0. The van der Waals surface area contributed by atoms with Gasteiger partial charge in [-0.2, -0.15) is 5.06 Å². The number of benzene rings is 2. The molecule has 0 aromatic heterocycles. The highest BCUT2D eigenvalue weighted by molar-refractivity contribution is 7.90. The van der Waals surface area contributed by atoms with Crippen molar-refractivity contribution in [3.8, 4) is 5.75 Å². The van der Waals surface area contributed by atoms with E-state index in [1.54, 1.807) is 19.2 Å². The molecule has 0 radical (unpaired) electrons. The number of anilines is 1. The highest BCUT2D eigenvalue weighted by Gasteiger charge is 2.43. The van der Waals surface area contributed by atoms with E-state index in [-0.39, 0.29) is 12.6 Å². The molecule has 1 fully saturated rings. The first-order valence-electron chi connectivity index (χ1n) is 9.57. The molecule has 1 aliphatic heterocycles. The van der Waals surface area contributed by atoms with Crippen molar-refractivity contribution in [1.82, 2.24) is 9.79 Å². The summed E-state index contributed by atoms with van der Waals surface area (Å²) in [7, 11) is 3.75. The molecule has 2 unspecified atom stereocenters. The summed E-state index contributed by atoms with van der Waals surface area (Å²) in [4.78, 5) is 7.59. The lowest BCUT2D eigenvalue weighted by atomic mass is 10.0. The smallest absolute Gasteiger partial charge is 0.218 e. The molecule has 2 aromatic carbocycles. The molecule has 1 heterocycles. The van der Waals surface area contributed by atoms with Crippen LogP contribution in [0.1, 0.15) is 17.2 Å². The van der Waals surface area contributed by atoms with Crippen molar-refractivity contribution < 1.29 is 18.0 Å². The first kappa shape index (κ1) is 21.6. The standard InChI is InChI=1S/C21H29N3O4S/c1-23(2)18-11-9-17(10-12-18)21-20(15-28-24(21)3)29(25,26)22-14-13-16-7-5-6-8-19(16)27-4/h5-12,20-22H,13-15H2,1-4H3. The molecule has 0 spiro atoms. The van der Waals surface area contributed by atoms with E-state index in [2.05, 4.69) is 4.72 Å². The van der Waals surface area contributed by atoms with Gasteiger partial charge in [0, 0.05) is 33.4 Å². The summed E-state index contributed by atoms with van der Waals surface area (Å²) in [5.74, 6) is 0.759. The predicted octanol–water partition coefficient (Wildman–Crippen LogP) is 2.21. The van der Waals surface area contributed by atoms with Crippen molar-refractivity contribution in [2.24, 2.45) is 0 Å². The van der Waals surface area contributed by atoms with Gasteiger partial charge < -0.3 is 9.64 Å². The maximum Gasteiger partial charge on any atom is 0.218 e. The highest BCUT2D eigenvalue weighted by atomic mass is 32.2. The number of nitrogens with zero attached hydrogens (tertiary/aromatic N) is 2. The fraction of sp³-hybridized carbons (Fsp3) is 0.429. The van der Waals surface area contributed by atoms with Crippen LogP contribution in [-0.4, -0.2) is 60.1 Å². The van der Waals surface area contributed by atoms with Gasteiger partial charge in [0.15, 0.2) is 0 Å². The largest absolute Gasteiger partial charge is 0.496 e. The Bertz CT molecular complexity index is 916. The second kappa shape index (κ2) is 9.13. The number of nitrogens with one attached hydrogen (secondary N) is 1. The fourth-order valence-electron chi connectivity index (χ4n) is 3.59. The Labute approximate surface area is 173 Å². The molecule has 0 aliphatic carbocycles. The Balaban J connectivity index is 1.71. The molecule has 1 saturated heterocycles. The molecule has 7 nitrogen and oxygen atoms in total. The molecule has 8 heteroatoms. The maximum absolute atomic E-state index is 13.0. The molecule has 29 heavy (non-hydrogen) atoms. The van der Waals surface area contributed by atoms with Gasteiger partial charge in [-0.15, -0.1) is 0 Å². The normalized spacial score (nSPS) is 20.0. The lowest BCUT2D eigenvalue weighted by Gasteiger charge is -2.24. The van der Waals surface area contributed by atoms with Crippen LogP contribution >= 0.6 is 0 Å². The van der Waals surface area contributed by atoms with Crippen LogP contribution < -0.4 is 14.4 Å². The van der Waals surface area contributed by atoms with Crippen LogP contribution in [0.15, 0.2) is 48.5 Å². The van der Waals surface area contributed by atoms with Crippen molar-refractivity contribution in [3.05, 3.63) is 59.7 Å². The molecular formula is C21H29N3O4S. The molecule has 2 atom stereocenters. The SMILES string of the molecule is COc1ccccc1CCNS(=O)(=O)C1CON(C)C1c1ccc(N(C)C)cc1. The van der Waals surface area contributed by atoms with E-state index in [1.807, 2.05) is 67.5 Å². The number of hydrogen-bond acceptors (Lipinski definition) is 6. The Morgan fingerprint density at radius 2 is 1.86 bits per heavy atom. The first-order valence-corrected chi connectivity index (χ1v) is 11.1. The van der Waals surface area contributed by atoms with Gasteiger partial charge in [0.1, 0.15) is 11.0 Å². The van der Waals surface area contributed by atoms with Gasteiger partial charge in [-0.05, 0) is 35.7 Å². The number of rotatable bonds is 8. The van der Waals surface area contributed by atoms with E-state index < -0.39 is 15.3 Å². The third kappa shape index (κ3) is 4.90. The second-order valence-corrected chi connectivity index (χ2v) is 9.30. The number of hydrogen-bond donors (Lipinski definition) is 1. The Hall–Kier alpha value is -2.13. The summed E-state index contributed by atoms with van der Waals surface area (Å²) in [5.41, 5.74) is 2.94. The summed E-state index contributed by atoms with van der Waals surface area (Å²) < 4.78 is 34.1. The van der Waals surface area contributed by atoms with E-state index in [0.717, 1.165) is 22.6 Å². The van der Waals surface area contributed by atoms with Crippen LogP contribution in [0.25, 0.3) is 0 Å². The van der Waals surface area contributed by atoms with Crippen molar-refractivity contribution in [3.63, 3.8) is 0 Å². The topological polar surface area (TPSA) is 71.1 Å². The summed E-state index contributed by atoms with van der Waals surface area (Å²) in [6.45, 7) is 0.426. The van der Waals surface area contributed by atoms with Crippen LogP contribution in [-0.2, 0) is 21.3 Å². The third-order valence-corrected chi connectivity index (χ3v) is 7.02. The number of hydroxylamine groups is 2. The Morgan fingerprint density at radius 1 is 1.17 bits per heavy atom. The number of ether oxygens (including phenoxy) is 1. The molecular weight excluding hydrogens is 390 g/mol. The van der Waals surface area contributed by atoms with Crippen LogP contribution in [0.2, 0.25) is 0 Å². The summed E-state index contributed by atoms with van der Waals surface area (Å²) in [6.07, 6.45) is 0.550. The predicted molar refractivity (Wildman–Crippen MR) is 115 cm³/mol. The van der Waals surface area contributed by atoms with Gasteiger partial charge in [-0.3, -0.25) is 4.84 Å². The number of methoxy groups -OCH3 is 1. The first-order chi connectivity index (χ1) is 13.8. The average Bonchev–Trinajstić information content (AvgIpc) is 3.10. The number of para-hydroxylation sites is 1. The lowest BCUT2D eigenvalue weighted by Crippen LogP contribution is -2.40. The minimum absolute atomic E-state index is 0.126. The molecule has 2 aromatic rings. The zero-order valence-electron chi connectivity index (χ0n) is 17.3. The fourth-order valence-corrected chi connectivity index (χ4v) is 5.10. The van der Waals surface area contributed by atoms with E-state index in [0.29, 0.717) is 13.0 Å². The quantitative estimate of drug-likeness (QED) is 0.707. The number of sulfonamides is 1. The van der Waals surface area contributed by atoms with Crippen molar-refractivity contribution in [2.45, 2.75) is 17.7 Å². The van der Waals surface area contributed by atoms with Crippen LogP contribution in [0.4, 0.5) is 5.69 Å². The van der Waals surface area contributed by atoms with E-state index >= 15 is 0 Å². The lowest BCUT2D eigenvalue weighted by molar-refractivity contribution is -0.110. The zero-order valence-corrected chi connectivity index (χ0v) is 18.1. The van der Waals surface area contributed by atoms with Crippen LogP contribution in [0.3, 0.4) is 0 Å². The summed E-state index contributed by atoms with van der Waals surface area (Å²) >= 11 is 0. The minimum atomic E-state index is -3.57. The van der Waals surface area contributed by atoms with E-state index in [4.69, 9.17) is 9.57 Å². The van der Waals surface area contributed by atoms with Crippen molar-refractivity contribution in [1.29, 1.82) is 0 Å². The van der Waals surface area contributed by atoms with Gasteiger partial charge in [0.2, 0.25) is 10.0 Å². The van der Waals surface area contributed by atoms with Gasteiger partial charge in [0.05, 0.1) is 19.8 Å². The van der Waals surface area contributed by atoms with Gasteiger partial charge in [-0.25, -0.2) is 13.1 Å². The molecule has 1 aliphatic rings. The van der Waals surface area contributed by atoms with Crippen LogP contribution in [0, 0.1) is 0 Å². The van der Waals surface area contributed by atoms with E-state index in [9.17, 15) is 8.42 Å². The van der Waals surface area contributed by atoms with Crippen molar-refractivity contribution in [2.75, 3.05) is 46.3 Å². The van der Waals surface area contributed by atoms with Crippen molar-refractivity contribution >= 4 is 15.7 Å². The molecule has 0 saturated carbocycles. The third-order valence-electron chi connectivity index (χ3n) is 5.23. The van der Waals surface area contributed by atoms with E-state index in [1.165, 1.54) is 0 Å².